The molecular weight excluding hydrogens is 243 g/mol. The molecule has 1 aromatic rings. The summed E-state index contributed by atoms with van der Waals surface area (Å²) >= 11 is 0. The Kier molecular flexibility index (Phi) is 3.82. The third-order valence-electron chi connectivity index (χ3n) is 3.07. The molecule has 1 heterocycles. The number of phenols is 1. The molecule has 1 aliphatic rings. The van der Waals surface area contributed by atoms with E-state index in [1.165, 1.54) is 18.2 Å². The van der Waals surface area contributed by atoms with Crippen LogP contribution in [-0.4, -0.2) is 45.3 Å². The van der Waals surface area contributed by atoms with Gasteiger partial charge in [0.05, 0.1) is 18.8 Å². The molecule has 5 nitrogen and oxygen atoms in total. The summed E-state index contributed by atoms with van der Waals surface area (Å²) in [6.07, 6.45) is -4.12. The minimum Gasteiger partial charge on any atom is -0.505 e. The van der Waals surface area contributed by atoms with E-state index in [9.17, 15) is 19.7 Å². The lowest BCUT2D eigenvalue weighted by Crippen LogP contribution is -2.44. The lowest BCUT2D eigenvalue weighted by atomic mass is 9.93. The third kappa shape index (κ3) is 2.32. The minimum atomic E-state index is -1.30. The molecule has 0 amide bonds. The van der Waals surface area contributed by atoms with E-state index in [0.717, 1.165) is 0 Å². The standard InChI is InChI=1S/C12H15FO5/c13-10-7(2-1-3-8(10)15)12-11(17)9(16)4-6(5-14)18-12/h1-3,6,9,11-12,14-17H,4-5H2/t6?,9?,11?,12-/m1/s1. The van der Waals surface area contributed by atoms with Crippen LogP contribution in [0.5, 0.6) is 5.75 Å². The highest BCUT2D eigenvalue weighted by molar-refractivity contribution is 5.32. The van der Waals surface area contributed by atoms with E-state index in [4.69, 9.17) is 9.84 Å². The summed E-state index contributed by atoms with van der Waals surface area (Å²) in [6, 6.07) is 3.95. The molecule has 0 bridgehead atoms. The fourth-order valence-electron chi connectivity index (χ4n) is 2.09. The summed E-state index contributed by atoms with van der Waals surface area (Å²) < 4.78 is 19.1. The van der Waals surface area contributed by atoms with Crippen molar-refractivity contribution in [2.45, 2.75) is 30.8 Å². The number of hydrogen-bond donors (Lipinski definition) is 4. The first-order valence-corrected chi connectivity index (χ1v) is 5.64. The number of benzene rings is 1. The zero-order chi connectivity index (χ0) is 13.3. The van der Waals surface area contributed by atoms with Gasteiger partial charge < -0.3 is 25.2 Å². The molecule has 3 unspecified atom stereocenters. The van der Waals surface area contributed by atoms with E-state index in [1.54, 1.807) is 0 Å². The molecule has 0 saturated carbocycles. The SMILES string of the molecule is OCC1CC(O)C(O)[C@@H](c2cccc(O)c2F)O1. The van der Waals surface area contributed by atoms with Gasteiger partial charge in [0.25, 0.3) is 0 Å². The number of ether oxygens (including phenoxy) is 1. The van der Waals surface area contributed by atoms with E-state index < -0.39 is 36.0 Å². The van der Waals surface area contributed by atoms with E-state index in [0.29, 0.717) is 0 Å². The highest BCUT2D eigenvalue weighted by atomic mass is 19.1. The van der Waals surface area contributed by atoms with Gasteiger partial charge in [-0.1, -0.05) is 12.1 Å². The Morgan fingerprint density at radius 1 is 1.33 bits per heavy atom. The zero-order valence-corrected chi connectivity index (χ0v) is 9.53. The van der Waals surface area contributed by atoms with Crippen molar-refractivity contribution < 1.29 is 29.6 Å². The van der Waals surface area contributed by atoms with Gasteiger partial charge in [-0.2, -0.15) is 0 Å². The number of halogens is 1. The van der Waals surface area contributed by atoms with E-state index >= 15 is 0 Å². The number of phenolic OH excluding ortho intramolecular Hbond substituents is 1. The maximum absolute atomic E-state index is 13.7. The topological polar surface area (TPSA) is 90.2 Å². The first kappa shape index (κ1) is 13.2. The molecule has 6 heteroatoms. The molecule has 100 valence electrons. The van der Waals surface area contributed by atoms with Gasteiger partial charge in [-0.25, -0.2) is 4.39 Å². The minimum absolute atomic E-state index is 0.0419. The van der Waals surface area contributed by atoms with E-state index in [-0.39, 0.29) is 18.6 Å². The molecule has 0 spiro atoms. The van der Waals surface area contributed by atoms with Gasteiger partial charge >= 0.3 is 0 Å². The Morgan fingerprint density at radius 3 is 2.72 bits per heavy atom. The molecule has 1 saturated heterocycles. The van der Waals surface area contributed by atoms with Crippen molar-refractivity contribution in [1.82, 2.24) is 0 Å². The van der Waals surface area contributed by atoms with Crippen LogP contribution in [0.15, 0.2) is 18.2 Å². The Bertz CT molecular complexity index is 425. The molecule has 0 radical (unpaired) electrons. The first-order chi connectivity index (χ1) is 8.54. The molecule has 18 heavy (non-hydrogen) atoms. The average Bonchev–Trinajstić information content (AvgIpc) is 2.36. The summed E-state index contributed by atoms with van der Waals surface area (Å²) in [4.78, 5) is 0. The summed E-state index contributed by atoms with van der Waals surface area (Å²) in [5, 5.41) is 37.8. The quantitative estimate of drug-likeness (QED) is 0.603. The number of aromatic hydroxyl groups is 1. The Hall–Kier alpha value is -1.21. The summed E-state index contributed by atoms with van der Waals surface area (Å²) in [5.74, 6) is -1.45. The molecule has 0 aromatic heterocycles. The van der Waals surface area contributed by atoms with Crippen molar-refractivity contribution >= 4 is 0 Å². The molecule has 1 aromatic carbocycles. The van der Waals surface area contributed by atoms with Gasteiger partial charge in [-0.05, 0) is 6.07 Å². The smallest absolute Gasteiger partial charge is 0.170 e. The molecule has 1 fully saturated rings. The molecule has 1 aliphatic heterocycles. The van der Waals surface area contributed by atoms with Crippen LogP contribution in [0, 0.1) is 5.82 Å². The van der Waals surface area contributed by atoms with E-state index in [2.05, 4.69) is 0 Å². The van der Waals surface area contributed by atoms with Crippen LogP contribution >= 0.6 is 0 Å². The fraction of sp³-hybridized carbons (Fsp3) is 0.500. The largest absolute Gasteiger partial charge is 0.505 e. The summed E-state index contributed by atoms with van der Waals surface area (Å²) in [6.45, 7) is -0.333. The Morgan fingerprint density at radius 2 is 2.06 bits per heavy atom. The van der Waals surface area contributed by atoms with Crippen molar-refractivity contribution in [2.75, 3.05) is 6.61 Å². The average molecular weight is 258 g/mol. The third-order valence-corrected chi connectivity index (χ3v) is 3.07. The second-order valence-electron chi connectivity index (χ2n) is 4.34. The Balaban J connectivity index is 2.32. The predicted molar refractivity (Wildman–Crippen MR) is 59.4 cm³/mol. The van der Waals surface area contributed by atoms with Gasteiger partial charge in [-0.15, -0.1) is 0 Å². The normalized spacial score (nSPS) is 32.4. The highest BCUT2D eigenvalue weighted by Gasteiger charge is 2.38. The molecule has 4 N–H and O–H groups in total. The van der Waals surface area contributed by atoms with Gasteiger partial charge in [0, 0.05) is 12.0 Å². The number of aliphatic hydroxyl groups is 3. The van der Waals surface area contributed by atoms with Crippen LogP contribution in [0.1, 0.15) is 18.1 Å². The molecular formula is C12H15FO5. The van der Waals surface area contributed by atoms with E-state index in [1.807, 2.05) is 0 Å². The maximum Gasteiger partial charge on any atom is 0.170 e. The van der Waals surface area contributed by atoms with Crippen molar-refractivity contribution in [1.29, 1.82) is 0 Å². The predicted octanol–water partition coefficient (Wildman–Crippen LogP) is 0.0754. The van der Waals surface area contributed by atoms with Crippen molar-refractivity contribution in [3.8, 4) is 5.75 Å². The summed E-state index contributed by atoms with van der Waals surface area (Å²) in [7, 11) is 0. The lowest BCUT2D eigenvalue weighted by molar-refractivity contribution is -0.180. The Labute approximate surface area is 103 Å². The van der Waals surface area contributed by atoms with Crippen LogP contribution in [0.4, 0.5) is 4.39 Å². The highest BCUT2D eigenvalue weighted by Crippen LogP contribution is 2.35. The number of rotatable bonds is 2. The van der Waals surface area contributed by atoms with Crippen molar-refractivity contribution in [3.05, 3.63) is 29.6 Å². The fourth-order valence-corrected chi connectivity index (χ4v) is 2.09. The zero-order valence-electron chi connectivity index (χ0n) is 9.53. The van der Waals surface area contributed by atoms with Crippen LogP contribution in [0.25, 0.3) is 0 Å². The number of hydrogen-bond acceptors (Lipinski definition) is 5. The second-order valence-corrected chi connectivity index (χ2v) is 4.34. The van der Waals surface area contributed by atoms with Crippen molar-refractivity contribution in [3.63, 3.8) is 0 Å². The van der Waals surface area contributed by atoms with Gasteiger partial charge in [-0.3, -0.25) is 0 Å². The first-order valence-electron chi connectivity index (χ1n) is 5.64. The second kappa shape index (κ2) is 5.19. The monoisotopic (exact) mass is 258 g/mol. The van der Waals surface area contributed by atoms with Crippen LogP contribution in [-0.2, 0) is 4.74 Å². The molecule has 2 rings (SSSR count). The summed E-state index contributed by atoms with van der Waals surface area (Å²) in [5.41, 5.74) is -0.0419. The van der Waals surface area contributed by atoms with Gasteiger partial charge in [0.1, 0.15) is 12.2 Å². The molecule has 4 atom stereocenters. The van der Waals surface area contributed by atoms with Gasteiger partial charge in [0.15, 0.2) is 11.6 Å². The lowest BCUT2D eigenvalue weighted by Gasteiger charge is -2.36. The number of aliphatic hydroxyl groups excluding tert-OH is 3. The van der Waals surface area contributed by atoms with Crippen LogP contribution in [0.3, 0.4) is 0 Å². The van der Waals surface area contributed by atoms with Crippen molar-refractivity contribution in [2.24, 2.45) is 0 Å². The van der Waals surface area contributed by atoms with Gasteiger partial charge in [0.2, 0.25) is 0 Å². The van der Waals surface area contributed by atoms with Crippen LogP contribution < -0.4 is 0 Å². The molecule has 0 aliphatic carbocycles. The van der Waals surface area contributed by atoms with Crippen LogP contribution in [0.2, 0.25) is 0 Å². The maximum atomic E-state index is 13.7.